The number of fused-ring (bicyclic) bond motifs is 1. The Labute approximate surface area is 159 Å². The Morgan fingerprint density at radius 3 is 2.61 bits per heavy atom. The SMILES string of the molecule is Cc1ccc2c(CC(=O)OCC(=O)Nc3ccc(OC(F)F)cc3)coc2c1. The minimum absolute atomic E-state index is 0.0248. The van der Waals surface area contributed by atoms with Gasteiger partial charge in [0.1, 0.15) is 11.3 Å². The van der Waals surface area contributed by atoms with Crippen molar-refractivity contribution in [2.75, 3.05) is 11.9 Å². The summed E-state index contributed by atoms with van der Waals surface area (Å²) in [5, 5.41) is 3.31. The topological polar surface area (TPSA) is 77.8 Å². The average molecular weight is 389 g/mol. The number of hydrogen-bond donors (Lipinski definition) is 1. The number of ether oxygens (including phenoxy) is 2. The molecule has 0 spiro atoms. The van der Waals surface area contributed by atoms with Crippen LogP contribution in [0.4, 0.5) is 14.5 Å². The molecule has 146 valence electrons. The van der Waals surface area contributed by atoms with Gasteiger partial charge < -0.3 is 19.2 Å². The lowest BCUT2D eigenvalue weighted by Gasteiger charge is -2.08. The van der Waals surface area contributed by atoms with Gasteiger partial charge in [0.25, 0.3) is 5.91 Å². The highest BCUT2D eigenvalue weighted by Crippen LogP contribution is 2.23. The number of nitrogens with one attached hydrogen (secondary N) is 1. The summed E-state index contributed by atoms with van der Waals surface area (Å²) in [7, 11) is 0. The number of carbonyl (C=O) groups excluding carboxylic acids is 2. The molecule has 0 aliphatic rings. The monoisotopic (exact) mass is 389 g/mol. The van der Waals surface area contributed by atoms with Gasteiger partial charge in [0.05, 0.1) is 12.7 Å². The Balaban J connectivity index is 1.49. The smallest absolute Gasteiger partial charge is 0.387 e. The molecule has 0 bridgehead atoms. The lowest BCUT2D eigenvalue weighted by Crippen LogP contribution is -2.21. The molecule has 3 aromatic rings. The van der Waals surface area contributed by atoms with Gasteiger partial charge in [-0.2, -0.15) is 8.78 Å². The largest absolute Gasteiger partial charge is 0.464 e. The van der Waals surface area contributed by atoms with E-state index in [1.807, 2.05) is 25.1 Å². The first-order valence-corrected chi connectivity index (χ1v) is 8.38. The van der Waals surface area contributed by atoms with E-state index in [4.69, 9.17) is 9.15 Å². The molecule has 0 unspecified atom stereocenters. The van der Waals surface area contributed by atoms with E-state index in [0.717, 1.165) is 10.9 Å². The minimum Gasteiger partial charge on any atom is -0.464 e. The van der Waals surface area contributed by atoms with Gasteiger partial charge in [0.15, 0.2) is 6.61 Å². The number of furan rings is 1. The molecule has 0 aliphatic heterocycles. The van der Waals surface area contributed by atoms with Crippen molar-refractivity contribution in [1.29, 1.82) is 0 Å². The van der Waals surface area contributed by atoms with Crippen LogP contribution in [-0.2, 0) is 20.7 Å². The minimum atomic E-state index is -2.92. The van der Waals surface area contributed by atoms with E-state index in [9.17, 15) is 18.4 Å². The van der Waals surface area contributed by atoms with Gasteiger partial charge in [-0.25, -0.2) is 0 Å². The number of amides is 1. The summed E-state index contributed by atoms with van der Waals surface area (Å²) in [5.41, 5.74) is 2.76. The van der Waals surface area contributed by atoms with Crippen molar-refractivity contribution in [3.8, 4) is 5.75 Å². The third kappa shape index (κ3) is 5.06. The van der Waals surface area contributed by atoms with Gasteiger partial charge in [-0.3, -0.25) is 9.59 Å². The van der Waals surface area contributed by atoms with Gasteiger partial charge in [0, 0.05) is 16.6 Å². The van der Waals surface area contributed by atoms with Crippen LogP contribution in [0.3, 0.4) is 0 Å². The standard InChI is InChI=1S/C20H17F2NO5/c1-12-2-7-16-13(10-26-17(16)8-12)9-19(25)27-11-18(24)23-14-3-5-15(6-4-14)28-20(21)22/h2-8,10,20H,9,11H2,1H3,(H,23,24). The van der Waals surface area contributed by atoms with Crippen LogP contribution < -0.4 is 10.1 Å². The van der Waals surface area contributed by atoms with Crippen LogP contribution in [-0.4, -0.2) is 25.1 Å². The van der Waals surface area contributed by atoms with Crippen molar-refractivity contribution in [2.24, 2.45) is 0 Å². The number of aryl methyl sites for hydroxylation is 1. The van der Waals surface area contributed by atoms with E-state index in [2.05, 4.69) is 10.1 Å². The van der Waals surface area contributed by atoms with Crippen molar-refractivity contribution < 1.29 is 32.3 Å². The predicted octanol–water partition coefficient (Wildman–Crippen LogP) is 4.07. The van der Waals surface area contributed by atoms with E-state index < -0.39 is 25.1 Å². The van der Waals surface area contributed by atoms with Crippen LogP contribution in [0.25, 0.3) is 11.0 Å². The Kier molecular flexibility index (Phi) is 5.88. The summed E-state index contributed by atoms with van der Waals surface area (Å²) < 4.78 is 38.8. The Hall–Kier alpha value is -3.42. The molecule has 0 aliphatic carbocycles. The van der Waals surface area contributed by atoms with Crippen molar-refractivity contribution in [3.05, 3.63) is 59.9 Å². The lowest BCUT2D eigenvalue weighted by atomic mass is 10.1. The molecule has 1 amide bonds. The van der Waals surface area contributed by atoms with Crippen molar-refractivity contribution >= 4 is 28.5 Å². The number of esters is 1. The Bertz CT molecular complexity index is 982. The maximum atomic E-state index is 12.1. The molecular formula is C20H17F2NO5. The number of carbonyl (C=O) groups is 2. The maximum absolute atomic E-state index is 12.1. The number of rotatable bonds is 7. The zero-order valence-electron chi connectivity index (χ0n) is 14.9. The average Bonchev–Trinajstić information content (AvgIpc) is 3.03. The molecule has 0 radical (unpaired) electrons. The fraction of sp³-hybridized carbons (Fsp3) is 0.200. The number of alkyl halides is 2. The summed E-state index contributed by atoms with van der Waals surface area (Å²) in [4.78, 5) is 23.9. The molecule has 3 rings (SSSR count). The van der Waals surface area contributed by atoms with Gasteiger partial charge in [0.2, 0.25) is 0 Å². The first-order valence-electron chi connectivity index (χ1n) is 8.38. The number of hydrogen-bond acceptors (Lipinski definition) is 5. The zero-order chi connectivity index (χ0) is 20.1. The zero-order valence-corrected chi connectivity index (χ0v) is 14.9. The van der Waals surface area contributed by atoms with Gasteiger partial charge in [-0.15, -0.1) is 0 Å². The van der Waals surface area contributed by atoms with E-state index in [1.54, 1.807) is 0 Å². The molecule has 0 fully saturated rings. The summed E-state index contributed by atoms with van der Waals surface area (Å²) in [6, 6.07) is 11.0. The highest BCUT2D eigenvalue weighted by molar-refractivity contribution is 5.93. The fourth-order valence-corrected chi connectivity index (χ4v) is 2.60. The fourth-order valence-electron chi connectivity index (χ4n) is 2.60. The molecule has 1 N–H and O–H groups in total. The van der Waals surface area contributed by atoms with Crippen molar-refractivity contribution in [1.82, 2.24) is 0 Å². The van der Waals surface area contributed by atoms with Crippen LogP contribution in [0.15, 0.2) is 53.1 Å². The van der Waals surface area contributed by atoms with Crippen molar-refractivity contribution in [2.45, 2.75) is 20.0 Å². The molecule has 8 heteroatoms. The molecule has 0 saturated carbocycles. The molecular weight excluding hydrogens is 372 g/mol. The molecule has 0 atom stereocenters. The second-order valence-electron chi connectivity index (χ2n) is 6.05. The first-order chi connectivity index (χ1) is 13.4. The molecule has 0 saturated heterocycles. The van der Waals surface area contributed by atoms with Gasteiger partial charge in [-0.1, -0.05) is 12.1 Å². The van der Waals surface area contributed by atoms with E-state index in [1.165, 1.54) is 30.5 Å². The second-order valence-corrected chi connectivity index (χ2v) is 6.05. The number of anilines is 1. The first kappa shape index (κ1) is 19.3. The lowest BCUT2D eigenvalue weighted by molar-refractivity contribution is -0.146. The number of halogens is 2. The van der Waals surface area contributed by atoms with Crippen LogP contribution in [0.2, 0.25) is 0 Å². The Morgan fingerprint density at radius 1 is 1.14 bits per heavy atom. The quantitative estimate of drug-likeness (QED) is 0.617. The van der Waals surface area contributed by atoms with Crippen LogP contribution in [0.5, 0.6) is 5.75 Å². The third-order valence-corrected chi connectivity index (χ3v) is 3.87. The molecule has 6 nitrogen and oxygen atoms in total. The highest BCUT2D eigenvalue weighted by atomic mass is 19.3. The second kappa shape index (κ2) is 8.51. The third-order valence-electron chi connectivity index (χ3n) is 3.87. The van der Waals surface area contributed by atoms with Crippen molar-refractivity contribution in [3.63, 3.8) is 0 Å². The van der Waals surface area contributed by atoms with Gasteiger partial charge >= 0.3 is 12.6 Å². The summed E-state index contributed by atoms with van der Waals surface area (Å²) in [6.45, 7) is -1.45. The van der Waals surface area contributed by atoms with E-state index in [0.29, 0.717) is 16.8 Å². The van der Waals surface area contributed by atoms with Crippen LogP contribution >= 0.6 is 0 Å². The number of benzene rings is 2. The molecule has 2 aromatic carbocycles. The summed E-state index contributed by atoms with van der Waals surface area (Å²) in [5.74, 6) is -1.15. The predicted molar refractivity (Wildman–Crippen MR) is 97.3 cm³/mol. The molecule has 1 heterocycles. The molecule has 28 heavy (non-hydrogen) atoms. The Morgan fingerprint density at radius 2 is 1.89 bits per heavy atom. The summed E-state index contributed by atoms with van der Waals surface area (Å²) in [6.07, 6.45) is 1.47. The highest BCUT2D eigenvalue weighted by Gasteiger charge is 2.13. The normalized spacial score (nSPS) is 10.9. The van der Waals surface area contributed by atoms with Gasteiger partial charge in [-0.05, 0) is 42.8 Å². The van der Waals surface area contributed by atoms with E-state index in [-0.39, 0.29) is 12.2 Å². The van der Waals surface area contributed by atoms with E-state index >= 15 is 0 Å². The molecule has 1 aromatic heterocycles. The summed E-state index contributed by atoms with van der Waals surface area (Å²) >= 11 is 0. The van der Waals surface area contributed by atoms with Crippen LogP contribution in [0.1, 0.15) is 11.1 Å². The van der Waals surface area contributed by atoms with Crippen LogP contribution in [0, 0.1) is 6.92 Å². The maximum Gasteiger partial charge on any atom is 0.387 e.